The summed E-state index contributed by atoms with van der Waals surface area (Å²) in [6, 6.07) is 12.4. The number of nitrogens with zero attached hydrogens (tertiary/aromatic N) is 2. The van der Waals surface area contributed by atoms with Gasteiger partial charge in [0.1, 0.15) is 12.4 Å². The molecule has 3 aliphatic heterocycles. The Morgan fingerprint density at radius 1 is 1.10 bits per heavy atom. The van der Waals surface area contributed by atoms with Crippen molar-refractivity contribution in [2.75, 3.05) is 26.3 Å². The molecule has 5 rings (SSSR count). The van der Waals surface area contributed by atoms with Crippen molar-refractivity contribution >= 4 is 21.8 Å². The number of nitrogens with one attached hydrogen (secondary N) is 1. The molecule has 0 aliphatic carbocycles. The van der Waals surface area contributed by atoms with E-state index in [9.17, 15) is 13.2 Å². The maximum absolute atomic E-state index is 13.0. The number of hydrogen-bond donors (Lipinski definition) is 1. The van der Waals surface area contributed by atoms with Crippen molar-refractivity contribution in [3.05, 3.63) is 53.6 Å². The van der Waals surface area contributed by atoms with Crippen LogP contribution in [0.2, 0.25) is 0 Å². The third kappa shape index (κ3) is 3.74. The highest BCUT2D eigenvalue weighted by molar-refractivity contribution is 7.90. The SMILES string of the molecule is O=C(CN=C1NS(=O)(=O)c2ccccc21)N1CCC[C@@H]1c1ccc2c(c1)OCCCO2. The largest absolute Gasteiger partial charge is 0.490 e. The van der Waals surface area contributed by atoms with Gasteiger partial charge in [-0.05, 0) is 42.7 Å². The molecule has 0 unspecified atom stereocenters. The number of rotatable bonds is 3. The van der Waals surface area contributed by atoms with Crippen molar-refractivity contribution in [3.8, 4) is 11.5 Å². The van der Waals surface area contributed by atoms with E-state index in [4.69, 9.17) is 9.47 Å². The van der Waals surface area contributed by atoms with Crippen molar-refractivity contribution in [1.29, 1.82) is 0 Å². The van der Waals surface area contributed by atoms with E-state index in [1.54, 1.807) is 18.2 Å². The van der Waals surface area contributed by atoms with Crippen molar-refractivity contribution < 1.29 is 22.7 Å². The molecule has 1 atom stereocenters. The summed E-state index contributed by atoms with van der Waals surface area (Å²) in [7, 11) is -3.62. The number of fused-ring (bicyclic) bond motifs is 2. The summed E-state index contributed by atoms with van der Waals surface area (Å²) in [4.78, 5) is 19.3. The minimum Gasteiger partial charge on any atom is -0.490 e. The summed E-state index contributed by atoms with van der Waals surface area (Å²) in [6.45, 7) is 1.77. The fourth-order valence-corrected chi connectivity index (χ4v) is 5.54. The van der Waals surface area contributed by atoms with Crippen LogP contribution in [0.15, 0.2) is 52.4 Å². The Bertz CT molecular complexity index is 1160. The van der Waals surface area contributed by atoms with Crippen molar-refractivity contribution in [2.24, 2.45) is 4.99 Å². The molecule has 1 amide bonds. The Balaban J connectivity index is 1.34. The van der Waals surface area contributed by atoms with Gasteiger partial charge in [-0.1, -0.05) is 18.2 Å². The van der Waals surface area contributed by atoms with Crippen LogP contribution in [0.3, 0.4) is 0 Å². The first-order chi connectivity index (χ1) is 15.0. The molecule has 3 aliphatic rings. The Labute approximate surface area is 180 Å². The zero-order valence-electron chi connectivity index (χ0n) is 16.9. The molecule has 162 valence electrons. The zero-order chi connectivity index (χ0) is 21.4. The summed E-state index contributed by atoms with van der Waals surface area (Å²) < 4.78 is 38.4. The first-order valence-electron chi connectivity index (χ1n) is 10.4. The predicted octanol–water partition coefficient (Wildman–Crippen LogP) is 2.25. The third-order valence-corrected chi connectivity index (χ3v) is 7.16. The average Bonchev–Trinajstić information content (AvgIpc) is 3.27. The van der Waals surface area contributed by atoms with Crippen molar-refractivity contribution in [2.45, 2.75) is 30.2 Å². The molecule has 1 fully saturated rings. The number of carbonyl (C=O) groups excluding carboxylic acids is 1. The zero-order valence-corrected chi connectivity index (χ0v) is 17.7. The van der Waals surface area contributed by atoms with Gasteiger partial charge in [-0.2, -0.15) is 0 Å². The van der Waals surface area contributed by atoms with Crippen molar-refractivity contribution in [3.63, 3.8) is 0 Å². The van der Waals surface area contributed by atoms with E-state index in [0.29, 0.717) is 31.1 Å². The van der Waals surface area contributed by atoms with Gasteiger partial charge in [-0.3, -0.25) is 14.5 Å². The number of benzene rings is 2. The lowest BCUT2D eigenvalue weighted by molar-refractivity contribution is -0.130. The minimum atomic E-state index is -3.62. The van der Waals surface area contributed by atoms with Crippen LogP contribution in [-0.2, 0) is 14.8 Å². The van der Waals surface area contributed by atoms with Crippen LogP contribution in [0, 0.1) is 0 Å². The Hall–Kier alpha value is -3.07. The summed E-state index contributed by atoms with van der Waals surface area (Å²) in [5.41, 5.74) is 1.51. The third-order valence-electron chi connectivity index (χ3n) is 5.76. The van der Waals surface area contributed by atoms with E-state index in [2.05, 4.69) is 9.71 Å². The van der Waals surface area contributed by atoms with E-state index in [1.807, 2.05) is 23.1 Å². The van der Waals surface area contributed by atoms with Crippen LogP contribution in [0.4, 0.5) is 0 Å². The maximum Gasteiger partial charge on any atom is 0.263 e. The fraction of sp³-hybridized carbons (Fsp3) is 0.364. The topological polar surface area (TPSA) is 97.3 Å². The minimum absolute atomic E-state index is 0.0580. The number of aliphatic imine (C=N–C) groups is 1. The molecule has 9 heteroatoms. The second-order valence-electron chi connectivity index (χ2n) is 7.77. The number of carbonyl (C=O) groups is 1. The highest BCUT2D eigenvalue weighted by Gasteiger charge is 2.33. The molecule has 31 heavy (non-hydrogen) atoms. The summed E-state index contributed by atoms with van der Waals surface area (Å²) in [5, 5.41) is 0. The van der Waals surface area contributed by atoms with Crippen LogP contribution < -0.4 is 14.2 Å². The number of ether oxygens (including phenoxy) is 2. The Morgan fingerprint density at radius 2 is 1.90 bits per heavy atom. The van der Waals surface area contributed by atoms with Gasteiger partial charge in [0, 0.05) is 18.5 Å². The van der Waals surface area contributed by atoms with E-state index >= 15 is 0 Å². The smallest absolute Gasteiger partial charge is 0.263 e. The van der Waals surface area contributed by atoms with Crippen molar-refractivity contribution in [1.82, 2.24) is 9.62 Å². The van der Waals surface area contributed by atoms with E-state index in [0.717, 1.165) is 30.6 Å². The molecule has 8 nitrogen and oxygen atoms in total. The normalized spacial score (nSPS) is 22.6. The summed E-state index contributed by atoms with van der Waals surface area (Å²) in [5.74, 6) is 1.53. The fourth-order valence-electron chi connectivity index (χ4n) is 4.29. The van der Waals surface area contributed by atoms with Gasteiger partial charge in [-0.25, -0.2) is 8.42 Å². The molecule has 1 N–H and O–H groups in total. The van der Waals surface area contributed by atoms with Gasteiger partial charge in [0.2, 0.25) is 5.91 Å². The molecule has 0 aromatic heterocycles. The lowest BCUT2D eigenvalue weighted by atomic mass is 10.0. The van der Waals surface area contributed by atoms with Gasteiger partial charge < -0.3 is 14.4 Å². The highest BCUT2D eigenvalue weighted by atomic mass is 32.2. The van der Waals surface area contributed by atoms with Gasteiger partial charge >= 0.3 is 0 Å². The standard InChI is InChI=1S/C22H23N3O5S/c26-21(14-23-22-16-5-1-2-7-20(16)31(27,28)24-22)25-10-3-6-17(25)15-8-9-18-19(13-15)30-12-4-11-29-18/h1-2,5,7-9,13,17H,3-4,6,10-12,14H2,(H,23,24)/t17-/m1/s1. The molecular formula is C22H23N3O5S. The van der Waals surface area contributed by atoms with E-state index in [1.165, 1.54) is 6.07 Å². The lowest BCUT2D eigenvalue weighted by Gasteiger charge is -2.25. The predicted molar refractivity (Wildman–Crippen MR) is 114 cm³/mol. The monoisotopic (exact) mass is 441 g/mol. The molecule has 0 saturated carbocycles. The van der Waals surface area contributed by atoms with Gasteiger partial charge in [0.25, 0.3) is 10.0 Å². The lowest BCUT2D eigenvalue weighted by Crippen LogP contribution is -2.33. The molecule has 0 spiro atoms. The number of sulfonamides is 1. The average molecular weight is 442 g/mol. The molecule has 0 radical (unpaired) electrons. The van der Waals surface area contributed by atoms with Gasteiger partial charge in [0.15, 0.2) is 11.5 Å². The highest BCUT2D eigenvalue weighted by Crippen LogP contribution is 2.38. The number of likely N-dealkylation sites (tertiary alicyclic amines) is 1. The first kappa shape index (κ1) is 19.9. The van der Waals surface area contributed by atoms with E-state index < -0.39 is 10.0 Å². The van der Waals surface area contributed by atoms with Crippen LogP contribution in [0.1, 0.15) is 36.4 Å². The molecule has 1 saturated heterocycles. The summed E-state index contributed by atoms with van der Waals surface area (Å²) >= 11 is 0. The number of amides is 1. The summed E-state index contributed by atoms with van der Waals surface area (Å²) in [6.07, 6.45) is 2.60. The number of amidine groups is 1. The van der Waals surface area contributed by atoms with Crippen LogP contribution >= 0.6 is 0 Å². The van der Waals surface area contributed by atoms with Gasteiger partial charge in [-0.15, -0.1) is 0 Å². The van der Waals surface area contributed by atoms with E-state index in [-0.39, 0.29) is 29.2 Å². The van der Waals surface area contributed by atoms with Gasteiger partial charge in [0.05, 0.1) is 24.2 Å². The quantitative estimate of drug-likeness (QED) is 0.788. The van der Waals surface area contributed by atoms with Crippen LogP contribution in [0.5, 0.6) is 11.5 Å². The van der Waals surface area contributed by atoms with Crippen LogP contribution in [0.25, 0.3) is 0 Å². The maximum atomic E-state index is 13.0. The molecule has 2 aromatic rings. The Morgan fingerprint density at radius 3 is 2.77 bits per heavy atom. The molecule has 0 bridgehead atoms. The Kier molecular flexibility index (Phi) is 5.05. The second kappa shape index (κ2) is 7.88. The molecule has 3 heterocycles. The number of hydrogen-bond acceptors (Lipinski definition) is 6. The molecule has 2 aromatic carbocycles. The van der Waals surface area contributed by atoms with Crippen LogP contribution in [-0.4, -0.2) is 51.4 Å². The second-order valence-corrected chi connectivity index (χ2v) is 9.42. The molecular weight excluding hydrogens is 418 g/mol. The first-order valence-corrected chi connectivity index (χ1v) is 11.9.